The molecule has 3 heteroatoms. The van der Waals surface area contributed by atoms with E-state index in [0.29, 0.717) is 12.0 Å². The Bertz CT molecular complexity index is 863. The van der Waals surface area contributed by atoms with E-state index >= 15 is 0 Å². The topological polar surface area (TPSA) is 21.7 Å². The smallest absolute Gasteiger partial charge is 0.127 e. The third kappa shape index (κ3) is 6.70. The van der Waals surface area contributed by atoms with Crippen LogP contribution in [0.1, 0.15) is 70.6 Å². The molecule has 1 aliphatic rings. The van der Waals surface area contributed by atoms with Gasteiger partial charge in [0.1, 0.15) is 12.4 Å². The summed E-state index contributed by atoms with van der Waals surface area (Å²) in [6.45, 7) is 14.6. The lowest BCUT2D eigenvalue weighted by molar-refractivity contribution is -0.0455. The highest BCUT2D eigenvalue weighted by Crippen LogP contribution is 2.36. The number of hydrogen-bond acceptors (Lipinski definition) is 3. The minimum absolute atomic E-state index is 0.152. The molecule has 2 aromatic carbocycles. The molecule has 1 aliphatic heterocycles. The van der Waals surface area contributed by atoms with E-state index in [9.17, 15) is 0 Å². The lowest BCUT2D eigenvalue weighted by atomic mass is 9.87. The van der Waals surface area contributed by atoms with Crippen molar-refractivity contribution in [3.63, 3.8) is 0 Å². The van der Waals surface area contributed by atoms with Gasteiger partial charge in [0, 0.05) is 25.3 Å². The first-order chi connectivity index (χ1) is 15.2. The van der Waals surface area contributed by atoms with Crippen LogP contribution in [0, 0.1) is 5.41 Å². The molecule has 0 fully saturated rings. The van der Waals surface area contributed by atoms with Gasteiger partial charge in [0.05, 0.1) is 5.60 Å². The van der Waals surface area contributed by atoms with Gasteiger partial charge in [-0.25, -0.2) is 0 Å². The molecule has 0 aromatic heterocycles. The molecule has 3 nitrogen and oxygen atoms in total. The summed E-state index contributed by atoms with van der Waals surface area (Å²) in [5.74, 6) is 0.966. The van der Waals surface area contributed by atoms with Crippen molar-refractivity contribution in [3.8, 4) is 5.75 Å². The monoisotopic (exact) mass is 435 g/mol. The minimum Gasteiger partial charge on any atom is -0.488 e. The Morgan fingerprint density at radius 2 is 1.69 bits per heavy atom. The van der Waals surface area contributed by atoms with Crippen LogP contribution < -0.4 is 4.74 Å². The summed E-state index contributed by atoms with van der Waals surface area (Å²) in [6.07, 6.45) is 5.64. The van der Waals surface area contributed by atoms with E-state index in [4.69, 9.17) is 9.47 Å². The molecule has 0 N–H and O–H groups in total. The normalized spacial score (nSPS) is 15.3. The quantitative estimate of drug-likeness (QED) is 0.403. The van der Waals surface area contributed by atoms with Crippen molar-refractivity contribution >= 4 is 5.57 Å². The van der Waals surface area contributed by atoms with Crippen LogP contribution in [0.15, 0.2) is 54.6 Å². The highest BCUT2D eigenvalue weighted by molar-refractivity contribution is 5.84. The average Bonchev–Trinajstić information content (AvgIpc) is 2.90. The Kier molecular flexibility index (Phi) is 8.19. The Morgan fingerprint density at radius 1 is 1.00 bits per heavy atom. The Morgan fingerprint density at radius 3 is 2.44 bits per heavy atom. The second-order valence-corrected chi connectivity index (χ2v) is 10.5. The van der Waals surface area contributed by atoms with Gasteiger partial charge in [-0.15, -0.1) is 0 Å². The molecule has 3 rings (SSSR count). The summed E-state index contributed by atoms with van der Waals surface area (Å²) >= 11 is 0. The van der Waals surface area contributed by atoms with Crippen LogP contribution in [0.4, 0.5) is 0 Å². The molecule has 1 heterocycles. The molecule has 0 radical (unpaired) electrons. The van der Waals surface area contributed by atoms with Crippen molar-refractivity contribution in [1.82, 2.24) is 4.90 Å². The lowest BCUT2D eigenvalue weighted by Crippen LogP contribution is -2.39. The van der Waals surface area contributed by atoms with E-state index < -0.39 is 0 Å². The van der Waals surface area contributed by atoms with Gasteiger partial charge in [0.25, 0.3) is 0 Å². The zero-order valence-corrected chi connectivity index (χ0v) is 20.9. The molecule has 0 amide bonds. The molecular formula is C29H41NO2. The van der Waals surface area contributed by atoms with Crippen molar-refractivity contribution in [3.05, 3.63) is 71.3 Å². The van der Waals surface area contributed by atoms with Gasteiger partial charge in [-0.2, -0.15) is 0 Å². The van der Waals surface area contributed by atoms with Crippen LogP contribution in [0.2, 0.25) is 0 Å². The number of nitrogens with zero attached hydrogens (tertiary/aromatic N) is 1. The van der Waals surface area contributed by atoms with Gasteiger partial charge in [-0.05, 0) is 61.9 Å². The van der Waals surface area contributed by atoms with E-state index in [-0.39, 0.29) is 5.60 Å². The van der Waals surface area contributed by atoms with E-state index in [1.165, 1.54) is 28.7 Å². The third-order valence-corrected chi connectivity index (χ3v) is 6.61. The number of hydrogen-bond donors (Lipinski definition) is 0. The maximum atomic E-state index is 6.27. The molecule has 0 bridgehead atoms. The van der Waals surface area contributed by atoms with Crippen molar-refractivity contribution < 1.29 is 9.47 Å². The Hall–Kier alpha value is -2.10. The molecule has 0 unspecified atom stereocenters. The van der Waals surface area contributed by atoms with Gasteiger partial charge in [-0.1, -0.05) is 75.7 Å². The minimum atomic E-state index is -0.152. The van der Waals surface area contributed by atoms with Gasteiger partial charge in [-0.3, -0.25) is 0 Å². The van der Waals surface area contributed by atoms with Gasteiger partial charge < -0.3 is 14.4 Å². The van der Waals surface area contributed by atoms with Crippen molar-refractivity contribution in [2.75, 3.05) is 26.7 Å². The summed E-state index contributed by atoms with van der Waals surface area (Å²) in [4.78, 5) is 2.38. The first-order valence-corrected chi connectivity index (χ1v) is 12.0. The number of fused-ring (bicyclic) bond motifs is 2. The summed E-state index contributed by atoms with van der Waals surface area (Å²) in [6, 6.07) is 17.0. The standard InChI is InChI=1S/C29H41NO2/c1-7-28(2,3)18-20-32-29(4,5)22-30(6)19-12-16-25-24-14-9-8-13-23(24)21-31-27-17-11-10-15-26(25)27/h8-11,13-17H,7,12,18-22H2,1-6H3. The van der Waals surface area contributed by atoms with Crippen LogP contribution in [0.5, 0.6) is 5.75 Å². The molecule has 174 valence electrons. The van der Waals surface area contributed by atoms with Gasteiger partial charge in [0.2, 0.25) is 0 Å². The van der Waals surface area contributed by atoms with Crippen LogP contribution >= 0.6 is 0 Å². The summed E-state index contributed by atoms with van der Waals surface area (Å²) in [5.41, 5.74) is 5.18. The molecular weight excluding hydrogens is 394 g/mol. The highest BCUT2D eigenvalue weighted by Gasteiger charge is 2.23. The zero-order valence-electron chi connectivity index (χ0n) is 20.9. The SMILES string of the molecule is CCC(C)(C)CCOC(C)(C)CN(C)CCC=C1c2ccccc2COc2ccccc21. The zero-order chi connectivity index (χ0) is 23.2. The van der Waals surface area contributed by atoms with Crippen molar-refractivity contribution in [1.29, 1.82) is 0 Å². The number of para-hydroxylation sites is 1. The number of rotatable bonds is 10. The average molecular weight is 436 g/mol. The molecule has 0 saturated carbocycles. The fourth-order valence-electron chi connectivity index (χ4n) is 4.23. The second kappa shape index (κ2) is 10.7. The molecule has 0 atom stereocenters. The van der Waals surface area contributed by atoms with Crippen LogP contribution in [0.25, 0.3) is 5.57 Å². The summed E-state index contributed by atoms with van der Waals surface area (Å²) in [7, 11) is 2.19. The first kappa shape index (κ1) is 24.5. The molecule has 2 aromatic rings. The lowest BCUT2D eigenvalue weighted by Gasteiger charge is -2.32. The van der Waals surface area contributed by atoms with E-state index in [0.717, 1.165) is 38.3 Å². The maximum Gasteiger partial charge on any atom is 0.127 e. The number of ether oxygens (including phenoxy) is 2. The van der Waals surface area contributed by atoms with E-state index in [1.807, 2.05) is 6.07 Å². The third-order valence-electron chi connectivity index (χ3n) is 6.61. The molecule has 0 saturated heterocycles. The Labute approximate surface area is 195 Å². The summed E-state index contributed by atoms with van der Waals surface area (Å²) < 4.78 is 12.4. The summed E-state index contributed by atoms with van der Waals surface area (Å²) in [5, 5.41) is 0. The molecule has 0 spiro atoms. The first-order valence-electron chi connectivity index (χ1n) is 12.0. The van der Waals surface area contributed by atoms with E-state index in [1.54, 1.807) is 0 Å². The number of benzene rings is 2. The second-order valence-electron chi connectivity index (χ2n) is 10.5. The predicted molar refractivity (Wildman–Crippen MR) is 135 cm³/mol. The molecule has 0 aliphatic carbocycles. The Balaban J connectivity index is 1.63. The number of likely N-dealkylation sites (N-methyl/N-ethyl adjacent to an activating group) is 1. The van der Waals surface area contributed by atoms with Gasteiger partial charge >= 0.3 is 0 Å². The fourth-order valence-corrected chi connectivity index (χ4v) is 4.23. The fraction of sp³-hybridized carbons (Fsp3) is 0.517. The van der Waals surface area contributed by atoms with Crippen molar-refractivity contribution in [2.24, 2.45) is 5.41 Å². The van der Waals surface area contributed by atoms with Crippen LogP contribution in [-0.4, -0.2) is 37.2 Å². The van der Waals surface area contributed by atoms with Crippen LogP contribution in [-0.2, 0) is 11.3 Å². The molecule has 32 heavy (non-hydrogen) atoms. The largest absolute Gasteiger partial charge is 0.488 e. The maximum absolute atomic E-state index is 6.27. The predicted octanol–water partition coefficient (Wildman–Crippen LogP) is 6.95. The van der Waals surface area contributed by atoms with Crippen LogP contribution in [0.3, 0.4) is 0 Å². The van der Waals surface area contributed by atoms with Crippen molar-refractivity contribution in [2.45, 2.75) is 66.1 Å². The van der Waals surface area contributed by atoms with Gasteiger partial charge in [0.15, 0.2) is 0 Å². The highest BCUT2D eigenvalue weighted by atomic mass is 16.5. The van der Waals surface area contributed by atoms with E-state index in [2.05, 4.69) is 95.1 Å².